The topological polar surface area (TPSA) is 70.7 Å². The van der Waals surface area contributed by atoms with Crippen molar-refractivity contribution >= 4 is 5.91 Å². The zero-order valence-corrected chi connectivity index (χ0v) is 13.6. The number of nitrogens with zero attached hydrogens (tertiary/aromatic N) is 3. The van der Waals surface area contributed by atoms with Gasteiger partial charge < -0.3 is 14.4 Å². The molecule has 0 bridgehead atoms. The fraction of sp³-hybridized carbons (Fsp3) is 0.412. The summed E-state index contributed by atoms with van der Waals surface area (Å²) in [6.45, 7) is 6.20. The lowest BCUT2D eigenvalue weighted by Gasteiger charge is -2.34. The highest BCUT2D eigenvalue weighted by atomic mass is 16.7. The number of aryl methyl sites for hydroxylation is 1. The summed E-state index contributed by atoms with van der Waals surface area (Å²) in [7, 11) is 0. The van der Waals surface area contributed by atoms with Gasteiger partial charge in [0.15, 0.2) is 11.5 Å². The maximum atomic E-state index is 12.5. The minimum Gasteiger partial charge on any atom is -0.454 e. The highest BCUT2D eigenvalue weighted by Crippen LogP contribution is 2.32. The van der Waals surface area contributed by atoms with Gasteiger partial charge in [-0.25, -0.2) is 0 Å². The number of benzene rings is 1. The number of fused-ring (bicyclic) bond motifs is 1. The number of amides is 1. The Labute approximate surface area is 140 Å². The first-order valence-corrected chi connectivity index (χ1v) is 8.11. The van der Waals surface area contributed by atoms with Crippen molar-refractivity contribution < 1.29 is 14.3 Å². The number of carbonyl (C=O) groups is 1. The van der Waals surface area contributed by atoms with Crippen LogP contribution in [0, 0.1) is 6.92 Å². The molecule has 0 radical (unpaired) electrons. The Morgan fingerprint density at radius 2 is 2.00 bits per heavy atom. The summed E-state index contributed by atoms with van der Waals surface area (Å²) >= 11 is 0. The first-order chi connectivity index (χ1) is 11.7. The molecule has 1 aromatic heterocycles. The number of ether oxygens (including phenoxy) is 2. The number of rotatable bonds is 3. The fourth-order valence-electron chi connectivity index (χ4n) is 3.13. The summed E-state index contributed by atoms with van der Waals surface area (Å²) in [6.07, 6.45) is 1.68. The van der Waals surface area contributed by atoms with E-state index in [1.807, 2.05) is 24.0 Å². The standard InChI is InChI=1S/C17H20N4O3/c1-12-9-18-19-16(12)17(22)21-6-4-20(5-7-21)10-13-2-3-14-15(8-13)24-11-23-14/h2-3,8-9H,4-7,10-11H2,1H3,(H,18,19). The highest BCUT2D eigenvalue weighted by Gasteiger charge is 2.24. The zero-order chi connectivity index (χ0) is 16.5. The van der Waals surface area contributed by atoms with Gasteiger partial charge in [-0.2, -0.15) is 5.10 Å². The lowest BCUT2D eigenvalue weighted by atomic mass is 10.1. The van der Waals surface area contributed by atoms with E-state index in [0.717, 1.165) is 49.8 Å². The van der Waals surface area contributed by atoms with Crippen molar-refractivity contribution in [1.82, 2.24) is 20.0 Å². The van der Waals surface area contributed by atoms with Gasteiger partial charge in [-0.05, 0) is 30.2 Å². The number of piperazine rings is 1. The first kappa shape index (κ1) is 15.0. The Bertz CT molecular complexity index is 750. The van der Waals surface area contributed by atoms with E-state index in [-0.39, 0.29) is 5.91 Å². The van der Waals surface area contributed by atoms with Crippen LogP contribution in [0.2, 0.25) is 0 Å². The number of H-pyrrole nitrogens is 1. The van der Waals surface area contributed by atoms with Crippen molar-refractivity contribution in [1.29, 1.82) is 0 Å². The molecule has 3 heterocycles. The molecule has 4 rings (SSSR count). The van der Waals surface area contributed by atoms with Crippen LogP contribution in [-0.2, 0) is 6.54 Å². The summed E-state index contributed by atoms with van der Waals surface area (Å²) in [6, 6.07) is 6.06. The first-order valence-electron chi connectivity index (χ1n) is 8.11. The average molecular weight is 328 g/mol. The van der Waals surface area contributed by atoms with E-state index in [1.165, 1.54) is 5.56 Å². The third-order valence-corrected chi connectivity index (χ3v) is 4.55. The molecule has 126 valence electrons. The molecule has 0 saturated carbocycles. The predicted octanol–water partition coefficient (Wildman–Crippen LogP) is 1.40. The Morgan fingerprint density at radius 3 is 2.75 bits per heavy atom. The molecule has 0 spiro atoms. The Hall–Kier alpha value is -2.54. The van der Waals surface area contributed by atoms with Crippen LogP contribution < -0.4 is 9.47 Å². The van der Waals surface area contributed by atoms with E-state index in [9.17, 15) is 4.79 Å². The van der Waals surface area contributed by atoms with Gasteiger partial charge in [0.05, 0.1) is 6.20 Å². The second-order valence-corrected chi connectivity index (χ2v) is 6.18. The molecule has 1 amide bonds. The van der Waals surface area contributed by atoms with E-state index >= 15 is 0 Å². The predicted molar refractivity (Wildman–Crippen MR) is 87.1 cm³/mol. The Kier molecular flexibility index (Phi) is 3.86. The molecule has 7 nitrogen and oxygen atoms in total. The largest absolute Gasteiger partial charge is 0.454 e. The van der Waals surface area contributed by atoms with Crippen molar-refractivity contribution in [2.24, 2.45) is 0 Å². The summed E-state index contributed by atoms with van der Waals surface area (Å²) in [5, 5.41) is 6.73. The summed E-state index contributed by atoms with van der Waals surface area (Å²) in [5.74, 6) is 1.66. The van der Waals surface area contributed by atoms with Gasteiger partial charge in [0, 0.05) is 32.7 Å². The lowest BCUT2D eigenvalue weighted by molar-refractivity contribution is 0.0622. The van der Waals surface area contributed by atoms with Crippen LogP contribution in [0.1, 0.15) is 21.6 Å². The molecule has 1 N–H and O–H groups in total. The van der Waals surface area contributed by atoms with Crippen molar-refractivity contribution in [2.45, 2.75) is 13.5 Å². The van der Waals surface area contributed by atoms with Crippen LogP contribution in [0.4, 0.5) is 0 Å². The zero-order valence-electron chi connectivity index (χ0n) is 13.6. The molecule has 1 fully saturated rings. The van der Waals surface area contributed by atoms with Crippen molar-refractivity contribution in [3.8, 4) is 11.5 Å². The second-order valence-electron chi connectivity index (χ2n) is 6.18. The van der Waals surface area contributed by atoms with Crippen LogP contribution >= 0.6 is 0 Å². The number of carbonyl (C=O) groups excluding carboxylic acids is 1. The molecule has 0 atom stereocenters. The maximum absolute atomic E-state index is 12.5. The van der Waals surface area contributed by atoms with Gasteiger partial charge in [0.25, 0.3) is 5.91 Å². The van der Waals surface area contributed by atoms with E-state index < -0.39 is 0 Å². The molecular formula is C17H20N4O3. The van der Waals surface area contributed by atoms with Gasteiger partial charge >= 0.3 is 0 Å². The molecule has 0 unspecified atom stereocenters. The fourth-order valence-corrected chi connectivity index (χ4v) is 3.13. The normalized spacial score (nSPS) is 17.3. The smallest absolute Gasteiger partial charge is 0.272 e. The summed E-state index contributed by atoms with van der Waals surface area (Å²) in [4.78, 5) is 16.7. The summed E-state index contributed by atoms with van der Waals surface area (Å²) < 4.78 is 10.8. The Balaban J connectivity index is 1.35. The van der Waals surface area contributed by atoms with E-state index in [0.29, 0.717) is 12.5 Å². The monoisotopic (exact) mass is 328 g/mol. The average Bonchev–Trinajstić information content (AvgIpc) is 3.23. The maximum Gasteiger partial charge on any atom is 0.272 e. The molecular weight excluding hydrogens is 308 g/mol. The minimum absolute atomic E-state index is 0.0349. The van der Waals surface area contributed by atoms with Gasteiger partial charge in [-0.1, -0.05) is 6.07 Å². The van der Waals surface area contributed by atoms with Gasteiger partial charge in [-0.15, -0.1) is 0 Å². The second kappa shape index (κ2) is 6.16. The molecule has 2 aromatic rings. The van der Waals surface area contributed by atoms with Crippen LogP contribution in [0.15, 0.2) is 24.4 Å². The van der Waals surface area contributed by atoms with Crippen LogP contribution in [0.3, 0.4) is 0 Å². The van der Waals surface area contributed by atoms with E-state index in [2.05, 4.69) is 21.2 Å². The molecule has 1 saturated heterocycles. The number of aromatic amines is 1. The number of aromatic nitrogens is 2. The molecule has 7 heteroatoms. The molecule has 1 aromatic carbocycles. The van der Waals surface area contributed by atoms with Crippen LogP contribution in [0.5, 0.6) is 11.5 Å². The third-order valence-electron chi connectivity index (χ3n) is 4.55. The van der Waals surface area contributed by atoms with Crippen LogP contribution in [0.25, 0.3) is 0 Å². The SMILES string of the molecule is Cc1cn[nH]c1C(=O)N1CCN(Cc2ccc3c(c2)OCO3)CC1. The number of nitrogens with one attached hydrogen (secondary N) is 1. The van der Waals surface area contributed by atoms with Crippen molar-refractivity contribution in [3.63, 3.8) is 0 Å². The molecule has 0 aliphatic carbocycles. The van der Waals surface area contributed by atoms with Gasteiger partial charge in [0.2, 0.25) is 6.79 Å². The highest BCUT2D eigenvalue weighted by molar-refractivity contribution is 5.93. The third kappa shape index (κ3) is 2.82. The quantitative estimate of drug-likeness (QED) is 0.922. The minimum atomic E-state index is 0.0349. The van der Waals surface area contributed by atoms with E-state index in [4.69, 9.17) is 9.47 Å². The molecule has 24 heavy (non-hydrogen) atoms. The van der Waals surface area contributed by atoms with Crippen molar-refractivity contribution in [2.75, 3.05) is 33.0 Å². The lowest BCUT2D eigenvalue weighted by Crippen LogP contribution is -2.48. The van der Waals surface area contributed by atoms with Crippen LogP contribution in [-0.4, -0.2) is 58.9 Å². The summed E-state index contributed by atoms with van der Waals surface area (Å²) in [5.41, 5.74) is 2.69. The van der Waals surface area contributed by atoms with E-state index in [1.54, 1.807) is 6.20 Å². The van der Waals surface area contributed by atoms with Crippen molar-refractivity contribution in [3.05, 3.63) is 41.2 Å². The Morgan fingerprint density at radius 1 is 1.21 bits per heavy atom. The molecule has 2 aliphatic rings. The number of hydrogen-bond donors (Lipinski definition) is 1. The number of hydrogen-bond acceptors (Lipinski definition) is 5. The van der Waals surface area contributed by atoms with Gasteiger partial charge in [0.1, 0.15) is 5.69 Å². The molecule has 2 aliphatic heterocycles. The van der Waals surface area contributed by atoms with Gasteiger partial charge in [-0.3, -0.25) is 14.8 Å².